The van der Waals surface area contributed by atoms with Crippen LogP contribution in [-0.2, 0) is 17.9 Å². The molecule has 2 aromatic carbocycles. The van der Waals surface area contributed by atoms with Gasteiger partial charge in [0.1, 0.15) is 0 Å². The number of carbonyl (C=O) groups excluding carboxylic acids is 2. The zero-order valence-corrected chi connectivity index (χ0v) is 15.5. The second-order valence-corrected chi connectivity index (χ2v) is 6.31. The number of carbonyl (C=O) groups is 2. The van der Waals surface area contributed by atoms with Crippen molar-refractivity contribution in [2.24, 2.45) is 0 Å². The highest BCUT2D eigenvalue weighted by Gasteiger charge is 2.14. The van der Waals surface area contributed by atoms with Crippen molar-refractivity contribution >= 4 is 34.4 Å². The Hall–Kier alpha value is -3.06. The minimum absolute atomic E-state index is 0.0421. The number of amides is 2. The first-order valence-corrected chi connectivity index (χ1v) is 8.92. The molecule has 3 aromatic rings. The van der Waals surface area contributed by atoms with Gasteiger partial charge in [0.05, 0.1) is 21.6 Å². The number of hydrazine groups is 1. The predicted molar refractivity (Wildman–Crippen MR) is 104 cm³/mol. The van der Waals surface area contributed by atoms with E-state index in [2.05, 4.69) is 10.9 Å². The minimum atomic E-state index is -0.506. The molecule has 2 amide bonds. The molecule has 0 saturated carbocycles. The molecule has 0 saturated heterocycles. The topological polar surface area (TPSA) is 85.1 Å². The lowest BCUT2D eigenvalue weighted by atomic mass is 10.2. The first kappa shape index (κ1) is 18.7. The Labute approximate surface area is 160 Å². The third kappa shape index (κ3) is 3.88. The van der Waals surface area contributed by atoms with E-state index in [9.17, 15) is 14.4 Å². The zero-order chi connectivity index (χ0) is 19.4. The third-order valence-corrected chi connectivity index (χ3v) is 4.57. The van der Waals surface area contributed by atoms with Crippen LogP contribution in [0.1, 0.15) is 23.7 Å². The summed E-state index contributed by atoms with van der Waals surface area (Å²) in [6.45, 7) is 2.65. The number of nitrogens with zero attached hydrogens (tertiary/aromatic N) is 2. The summed E-state index contributed by atoms with van der Waals surface area (Å²) >= 11 is 5.95. The first-order chi connectivity index (χ1) is 13.0. The van der Waals surface area contributed by atoms with Gasteiger partial charge in [-0.05, 0) is 31.2 Å². The molecule has 1 heterocycles. The number of aryl methyl sites for hydroxylation is 2. The quantitative estimate of drug-likeness (QED) is 0.660. The molecule has 0 unspecified atom stereocenters. The normalized spacial score (nSPS) is 10.7. The Morgan fingerprint density at radius 3 is 2.26 bits per heavy atom. The van der Waals surface area contributed by atoms with Gasteiger partial charge in [0.15, 0.2) is 0 Å². The molecular formula is C19H19ClN4O3. The van der Waals surface area contributed by atoms with E-state index in [0.29, 0.717) is 11.6 Å². The van der Waals surface area contributed by atoms with Crippen LogP contribution in [0.5, 0.6) is 0 Å². The smallest absolute Gasteiger partial charge is 0.292 e. The van der Waals surface area contributed by atoms with Gasteiger partial charge in [-0.2, -0.15) is 0 Å². The summed E-state index contributed by atoms with van der Waals surface area (Å²) in [4.78, 5) is 36.7. The van der Waals surface area contributed by atoms with Gasteiger partial charge in [-0.25, -0.2) is 4.79 Å². The molecule has 0 aliphatic carbocycles. The van der Waals surface area contributed by atoms with Crippen molar-refractivity contribution in [3.05, 3.63) is 69.6 Å². The highest BCUT2D eigenvalue weighted by Crippen LogP contribution is 2.14. The number of rotatable bonds is 5. The van der Waals surface area contributed by atoms with Crippen LogP contribution in [0.3, 0.4) is 0 Å². The number of halogens is 1. The fourth-order valence-corrected chi connectivity index (χ4v) is 3.13. The maximum Gasteiger partial charge on any atom is 0.329 e. The maximum absolute atomic E-state index is 12.5. The molecular weight excluding hydrogens is 368 g/mol. The van der Waals surface area contributed by atoms with E-state index in [1.54, 1.807) is 33.4 Å². The number of imidazole rings is 1. The Balaban J connectivity index is 1.64. The van der Waals surface area contributed by atoms with Gasteiger partial charge in [-0.15, -0.1) is 0 Å². The Morgan fingerprint density at radius 2 is 1.59 bits per heavy atom. The van der Waals surface area contributed by atoms with Gasteiger partial charge >= 0.3 is 5.69 Å². The van der Waals surface area contributed by atoms with Crippen LogP contribution in [0.2, 0.25) is 5.02 Å². The van der Waals surface area contributed by atoms with Crippen LogP contribution < -0.4 is 16.5 Å². The monoisotopic (exact) mass is 386 g/mol. The SMILES string of the molecule is CCn1c(=O)n(CCC(=O)NNC(=O)c2ccccc2Cl)c2ccccc21. The van der Waals surface area contributed by atoms with Crippen LogP contribution in [0, 0.1) is 0 Å². The largest absolute Gasteiger partial charge is 0.329 e. The zero-order valence-electron chi connectivity index (χ0n) is 14.7. The van der Waals surface area contributed by atoms with Crippen molar-refractivity contribution < 1.29 is 9.59 Å². The van der Waals surface area contributed by atoms with Crippen molar-refractivity contribution in [2.45, 2.75) is 26.4 Å². The lowest BCUT2D eigenvalue weighted by molar-refractivity contribution is -0.122. The van der Waals surface area contributed by atoms with Crippen LogP contribution >= 0.6 is 11.6 Å². The molecule has 140 valence electrons. The lowest BCUT2D eigenvalue weighted by Gasteiger charge is -2.09. The number of aromatic nitrogens is 2. The van der Waals surface area contributed by atoms with Gasteiger partial charge in [0.25, 0.3) is 5.91 Å². The Morgan fingerprint density at radius 1 is 0.963 bits per heavy atom. The van der Waals surface area contributed by atoms with E-state index in [1.165, 1.54) is 0 Å². The fourth-order valence-electron chi connectivity index (χ4n) is 2.91. The maximum atomic E-state index is 12.5. The van der Waals surface area contributed by atoms with E-state index >= 15 is 0 Å². The summed E-state index contributed by atoms with van der Waals surface area (Å²) < 4.78 is 3.22. The van der Waals surface area contributed by atoms with Crippen molar-refractivity contribution in [1.82, 2.24) is 20.0 Å². The predicted octanol–water partition coefficient (Wildman–Crippen LogP) is 2.33. The highest BCUT2D eigenvalue weighted by atomic mass is 35.5. The number of benzene rings is 2. The van der Waals surface area contributed by atoms with E-state index in [0.717, 1.165) is 11.0 Å². The van der Waals surface area contributed by atoms with Gasteiger partial charge < -0.3 is 0 Å². The minimum Gasteiger partial charge on any atom is -0.292 e. The first-order valence-electron chi connectivity index (χ1n) is 8.54. The standard InChI is InChI=1S/C19H19ClN4O3/c1-2-23-15-9-5-6-10-16(15)24(19(23)27)12-11-17(25)21-22-18(26)13-7-3-4-8-14(13)20/h3-10H,2,11-12H2,1H3,(H,21,25)(H,22,26). The molecule has 2 N–H and O–H groups in total. The molecule has 0 spiro atoms. The van der Waals surface area contributed by atoms with Crippen molar-refractivity contribution in [2.75, 3.05) is 0 Å². The number of hydrogen-bond acceptors (Lipinski definition) is 3. The molecule has 7 nitrogen and oxygen atoms in total. The van der Waals surface area contributed by atoms with Crippen LogP contribution in [0.25, 0.3) is 11.0 Å². The molecule has 0 radical (unpaired) electrons. The summed E-state index contributed by atoms with van der Waals surface area (Å²) in [6.07, 6.45) is 0.0421. The van der Waals surface area contributed by atoms with Gasteiger partial charge in [0.2, 0.25) is 5.91 Å². The van der Waals surface area contributed by atoms with Crippen molar-refractivity contribution in [3.8, 4) is 0 Å². The third-order valence-electron chi connectivity index (χ3n) is 4.24. The fraction of sp³-hybridized carbons (Fsp3) is 0.211. The number of fused-ring (bicyclic) bond motifs is 1. The van der Waals surface area contributed by atoms with Gasteiger partial charge in [0, 0.05) is 19.5 Å². The Kier molecular flexibility index (Phi) is 5.61. The average molecular weight is 387 g/mol. The van der Waals surface area contributed by atoms with Gasteiger partial charge in [-0.1, -0.05) is 35.9 Å². The molecule has 0 atom stereocenters. The van der Waals surface area contributed by atoms with E-state index in [-0.39, 0.29) is 24.2 Å². The molecule has 0 fully saturated rings. The Bertz CT molecular complexity index is 1050. The van der Waals surface area contributed by atoms with E-state index < -0.39 is 11.8 Å². The molecule has 8 heteroatoms. The second kappa shape index (κ2) is 8.09. The van der Waals surface area contributed by atoms with Crippen molar-refractivity contribution in [1.29, 1.82) is 0 Å². The molecule has 1 aromatic heterocycles. The second-order valence-electron chi connectivity index (χ2n) is 5.90. The highest BCUT2D eigenvalue weighted by molar-refractivity contribution is 6.33. The van der Waals surface area contributed by atoms with Crippen molar-refractivity contribution in [3.63, 3.8) is 0 Å². The molecule has 0 aliphatic heterocycles. The van der Waals surface area contributed by atoms with Gasteiger partial charge in [-0.3, -0.25) is 29.6 Å². The van der Waals surface area contributed by atoms with E-state index in [4.69, 9.17) is 11.6 Å². The van der Waals surface area contributed by atoms with E-state index in [1.807, 2.05) is 31.2 Å². The summed E-state index contributed by atoms with van der Waals surface area (Å²) in [5, 5.41) is 0.295. The average Bonchev–Trinajstić information content (AvgIpc) is 2.95. The molecule has 0 bridgehead atoms. The van der Waals surface area contributed by atoms with Crippen LogP contribution in [-0.4, -0.2) is 20.9 Å². The molecule has 3 rings (SSSR count). The number of nitrogens with one attached hydrogen (secondary N) is 2. The molecule has 27 heavy (non-hydrogen) atoms. The summed E-state index contributed by atoms with van der Waals surface area (Å²) in [6, 6.07) is 14.0. The lowest BCUT2D eigenvalue weighted by Crippen LogP contribution is -2.42. The number of hydrogen-bond donors (Lipinski definition) is 2. The van der Waals surface area contributed by atoms with Crippen LogP contribution in [0.15, 0.2) is 53.3 Å². The summed E-state index contributed by atoms with van der Waals surface area (Å²) in [5.41, 5.74) is 6.39. The molecule has 0 aliphatic rings. The summed E-state index contributed by atoms with van der Waals surface area (Å²) in [5.74, 6) is -0.913. The summed E-state index contributed by atoms with van der Waals surface area (Å²) in [7, 11) is 0. The van der Waals surface area contributed by atoms with Crippen LogP contribution in [0.4, 0.5) is 0 Å². The number of para-hydroxylation sites is 2.